The predicted molar refractivity (Wildman–Crippen MR) is 144 cm³/mol. The third-order valence-corrected chi connectivity index (χ3v) is 8.08. The zero-order chi connectivity index (χ0) is 28.5. The number of aromatic nitrogens is 2. The molecule has 13 heteroatoms. The van der Waals surface area contributed by atoms with Crippen molar-refractivity contribution in [3.05, 3.63) is 37.8 Å². The van der Waals surface area contributed by atoms with Crippen molar-refractivity contribution in [3.63, 3.8) is 0 Å². The van der Waals surface area contributed by atoms with Crippen molar-refractivity contribution in [1.29, 1.82) is 0 Å². The van der Waals surface area contributed by atoms with E-state index in [4.69, 9.17) is 9.47 Å². The summed E-state index contributed by atoms with van der Waals surface area (Å²) >= 11 is 1.31. The molecule has 12 nitrogen and oxygen atoms in total. The zero-order valence-corrected chi connectivity index (χ0v) is 23.4. The maximum atomic E-state index is 13.2. The van der Waals surface area contributed by atoms with Crippen LogP contribution in [0.25, 0.3) is 0 Å². The molecule has 2 aromatic heterocycles. The van der Waals surface area contributed by atoms with Gasteiger partial charge >= 0.3 is 11.9 Å². The number of likely N-dealkylation sites (tertiary alicyclic amines) is 1. The minimum absolute atomic E-state index is 0.117. The van der Waals surface area contributed by atoms with Gasteiger partial charge in [0.15, 0.2) is 0 Å². The number of H-pyrrole nitrogens is 1. The van der Waals surface area contributed by atoms with Gasteiger partial charge in [0.1, 0.15) is 17.9 Å². The third-order valence-electron chi connectivity index (χ3n) is 6.95. The number of esters is 2. The van der Waals surface area contributed by atoms with E-state index in [1.54, 1.807) is 26.8 Å². The zero-order valence-electron chi connectivity index (χ0n) is 22.6. The van der Waals surface area contributed by atoms with Crippen LogP contribution in [0.1, 0.15) is 53.7 Å². The molecule has 2 aliphatic rings. The highest BCUT2D eigenvalue weighted by Gasteiger charge is 2.51. The Morgan fingerprint density at radius 1 is 1.13 bits per heavy atom. The second-order valence-electron chi connectivity index (χ2n) is 10.7. The number of anilines is 2. The fraction of sp³-hybridized carbons (Fsp3) is 0.538. The molecule has 39 heavy (non-hydrogen) atoms. The van der Waals surface area contributed by atoms with Crippen LogP contribution >= 0.6 is 11.3 Å². The molecule has 1 unspecified atom stereocenters. The first-order valence-electron chi connectivity index (χ1n) is 12.7. The van der Waals surface area contributed by atoms with Crippen LogP contribution in [0.15, 0.2) is 16.9 Å². The molecule has 0 aromatic carbocycles. The van der Waals surface area contributed by atoms with Crippen molar-refractivity contribution in [2.24, 2.45) is 11.3 Å². The first-order chi connectivity index (χ1) is 18.4. The Labute approximate surface area is 229 Å². The van der Waals surface area contributed by atoms with Crippen molar-refractivity contribution in [2.45, 2.75) is 58.5 Å². The number of nitrogens with zero attached hydrogens (tertiary/aromatic N) is 2. The SMILES string of the molecule is COC(=O)[C@H]1C[C@H](C(=O)OC)N1C(=O)c1ccc(CCC2CNc3nc(NC(=O)C(C)(C)C)[nH]c(=O)c3C2)s1. The van der Waals surface area contributed by atoms with Gasteiger partial charge in [0.25, 0.3) is 11.5 Å². The minimum atomic E-state index is -0.820. The number of aryl methyl sites for hydroxylation is 1. The van der Waals surface area contributed by atoms with Gasteiger partial charge in [0.05, 0.1) is 24.7 Å². The molecule has 3 N–H and O–H groups in total. The first-order valence-corrected chi connectivity index (χ1v) is 13.5. The topological polar surface area (TPSA) is 160 Å². The number of hydrogen-bond acceptors (Lipinski definition) is 10. The van der Waals surface area contributed by atoms with Crippen molar-refractivity contribution in [3.8, 4) is 0 Å². The number of nitrogens with one attached hydrogen (secondary N) is 3. The summed E-state index contributed by atoms with van der Waals surface area (Å²) in [6.07, 6.45) is 2.15. The highest BCUT2D eigenvalue weighted by Crippen LogP contribution is 2.32. The lowest BCUT2D eigenvalue weighted by molar-refractivity contribution is -0.163. The van der Waals surface area contributed by atoms with Gasteiger partial charge in [-0.05, 0) is 37.3 Å². The van der Waals surface area contributed by atoms with Crippen LogP contribution in [0.2, 0.25) is 0 Å². The van der Waals surface area contributed by atoms with Crippen LogP contribution in [-0.4, -0.2) is 71.5 Å². The van der Waals surface area contributed by atoms with Crippen LogP contribution in [0.5, 0.6) is 0 Å². The van der Waals surface area contributed by atoms with E-state index in [0.29, 0.717) is 35.6 Å². The normalized spacial score (nSPS) is 20.2. The third kappa shape index (κ3) is 5.97. The van der Waals surface area contributed by atoms with Crippen molar-refractivity contribution in [1.82, 2.24) is 14.9 Å². The van der Waals surface area contributed by atoms with E-state index in [-0.39, 0.29) is 29.8 Å². The van der Waals surface area contributed by atoms with E-state index in [1.165, 1.54) is 30.5 Å². The highest BCUT2D eigenvalue weighted by molar-refractivity contribution is 7.14. The van der Waals surface area contributed by atoms with Gasteiger partial charge in [-0.3, -0.25) is 24.7 Å². The summed E-state index contributed by atoms with van der Waals surface area (Å²) < 4.78 is 9.56. The minimum Gasteiger partial charge on any atom is -0.467 e. The standard InChI is InChI=1S/C26H33N5O7S/c1-26(2,3)24(36)30-25-28-19-15(20(32)29-25)10-13(12-27-19)6-7-14-8-9-18(39-14)21(33)31-16(22(34)37-4)11-17(31)23(35)38-5/h8-9,13,16-17H,6-7,10-12H2,1-5H3,(H3,27,28,29,30,32,36)/t13?,16-,17-/m1/s1. The molecular weight excluding hydrogens is 526 g/mol. The largest absolute Gasteiger partial charge is 0.467 e. The molecule has 2 amide bonds. The number of carbonyl (C=O) groups is 4. The van der Waals surface area contributed by atoms with Crippen LogP contribution in [0.3, 0.4) is 0 Å². The van der Waals surface area contributed by atoms with Crippen molar-refractivity contribution < 1.29 is 28.7 Å². The summed E-state index contributed by atoms with van der Waals surface area (Å²) in [5.41, 5.74) is -0.372. The van der Waals surface area contributed by atoms with E-state index in [2.05, 4.69) is 20.6 Å². The molecule has 0 radical (unpaired) electrons. The maximum absolute atomic E-state index is 13.2. The molecule has 0 bridgehead atoms. The van der Waals surface area contributed by atoms with Gasteiger partial charge in [0, 0.05) is 23.3 Å². The maximum Gasteiger partial charge on any atom is 0.328 e. The predicted octanol–water partition coefficient (Wildman–Crippen LogP) is 1.96. The van der Waals surface area contributed by atoms with E-state index < -0.39 is 35.3 Å². The lowest BCUT2D eigenvalue weighted by atomic mass is 9.92. The lowest BCUT2D eigenvalue weighted by Gasteiger charge is -2.44. The summed E-state index contributed by atoms with van der Waals surface area (Å²) in [7, 11) is 2.48. The molecule has 0 saturated carbocycles. The van der Waals surface area contributed by atoms with Gasteiger partial charge in [-0.2, -0.15) is 4.98 Å². The molecular formula is C26H33N5O7S. The molecule has 1 fully saturated rings. The smallest absolute Gasteiger partial charge is 0.328 e. The summed E-state index contributed by atoms with van der Waals surface area (Å²) in [5, 5.41) is 5.87. The number of amides is 2. The van der Waals surface area contributed by atoms with Crippen molar-refractivity contribution in [2.75, 3.05) is 31.4 Å². The summed E-state index contributed by atoms with van der Waals surface area (Å²) in [5.74, 6) is -1.05. The average molecular weight is 560 g/mol. The second-order valence-corrected chi connectivity index (χ2v) is 11.9. The molecule has 210 valence electrons. The molecule has 2 aliphatic heterocycles. The van der Waals surface area contributed by atoms with Crippen molar-refractivity contribution >= 4 is 46.9 Å². The number of carbonyl (C=O) groups excluding carboxylic acids is 4. The number of aromatic amines is 1. The van der Waals surface area contributed by atoms with E-state index >= 15 is 0 Å². The number of rotatable bonds is 7. The molecule has 0 aliphatic carbocycles. The van der Waals surface area contributed by atoms with Gasteiger partial charge in [0.2, 0.25) is 11.9 Å². The monoisotopic (exact) mass is 559 g/mol. The molecule has 4 heterocycles. The number of fused-ring (bicyclic) bond motifs is 1. The number of ether oxygens (including phenoxy) is 2. The summed E-state index contributed by atoms with van der Waals surface area (Å²) in [6.45, 7) is 5.94. The summed E-state index contributed by atoms with van der Waals surface area (Å²) in [6, 6.07) is 1.92. The number of methoxy groups -OCH3 is 2. The van der Waals surface area contributed by atoms with Crippen LogP contribution < -0.4 is 16.2 Å². The highest BCUT2D eigenvalue weighted by atomic mass is 32.1. The van der Waals surface area contributed by atoms with E-state index in [1.807, 2.05) is 6.07 Å². The molecule has 2 aromatic rings. The van der Waals surface area contributed by atoms with Crippen LogP contribution in [-0.2, 0) is 36.7 Å². The Kier molecular flexibility index (Phi) is 8.09. The Bertz CT molecular complexity index is 1320. The Morgan fingerprint density at radius 3 is 2.41 bits per heavy atom. The Balaban J connectivity index is 1.38. The fourth-order valence-electron chi connectivity index (χ4n) is 4.59. The number of thiophene rings is 1. The second kappa shape index (κ2) is 11.2. The van der Waals surface area contributed by atoms with Gasteiger partial charge in [-0.1, -0.05) is 20.8 Å². The van der Waals surface area contributed by atoms with Gasteiger partial charge < -0.3 is 19.7 Å². The number of hydrogen-bond donors (Lipinski definition) is 3. The van der Waals surface area contributed by atoms with Crippen LogP contribution in [0, 0.1) is 11.3 Å². The first kappa shape index (κ1) is 28.3. The fourth-order valence-corrected chi connectivity index (χ4v) is 5.55. The molecule has 4 rings (SSSR count). The Morgan fingerprint density at radius 2 is 1.79 bits per heavy atom. The lowest BCUT2D eigenvalue weighted by Crippen LogP contribution is -2.64. The van der Waals surface area contributed by atoms with Gasteiger partial charge in [-0.25, -0.2) is 9.59 Å². The molecule has 1 saturated heterocycles. The van der Waals surface area contributed by atoms with E-state index in [9.17, 15) is 24.0 Å². The van der Waals surface area contributed by atoms with Gasteiger partial charge in [-0.15, -0.1) is 11.3 Å². The Hall–Kier alpha value is -3.74. The molecule has 3 atom stereocenters. The van der Waals surface area contributed by atoms with E-state index in [0.717, 1.165) is 11.3 Å². The molecule has 0 spiro atoms. The summed E-state index contributed by atoms with van der Waals surface area (Å²) in [4.78, 5) is 71.9. The van der Waals surface area contributed by atoms with Crippen LogP contribution in [0.4, 0.5) is 11.8 Å². The quantitative estimate of drug-likeness (QED) is 0.431. The average Bonchev–Trinajstić information content (AvgIpc) is 3.35.